The van der Waals surface area contributed by atoms with Gasteiger partial charge in [0.2, 0.25) is 0 Å². The van der Waals surface area contributed by atoms with Crippen LogP contribution in [0.2, 0.25) is 5.02 Å². The second-order valence-electron chi connectivity index (χ2n) is 2.23. The third-order valence-corrected chi connectivity index (χ3v) is 1.76. The van der Waals surface area contributed by atoms with Gasteiger partial charge in [-0.25, -0.2) is 0 Å². The van der Waals surface area contributed by atoms with Crippen LogP contribution in [-0.2, 0) is 0 Å². The third kappa shape index (κ3) is 1.51. The van der Waals surface area contributed by atoms with Crippen molar-refractivity contribution in [3.8, 4) is 5.75 Å². The molecule has 0 saturated carbocycles. The molecular weight excluding hydrogens is 176 g/mol. The lowest BCUT2D eigenvalue weighted by Gasteiger charge is -2.07. The van der Waals surface area contributed by atoms with E-state index in [1.54, 1.807) is 18.2 Å². The van der Waals surface area contributed by atoms with Gasteiger partial charge in [-0.3, -0.25) is 5.41 Å². The van der Waals surface area contributed by atoms with Gasteiger partial charge in [-0.05, 0) is 12.1 Å². The Morgan fingerprint density at radius 2 is 2.25 bits per heavy atom. The number of nitrogens with two attached hydrogens (primary N) is 1. The highest BCUT2D eigenvalue weighted by Crippen LogP contribution is 2.27. The van der Waals surface area contributed by atoms with Crippen LogP contribution in [0.4, 0.5) is 0 Å². The van der Waals surface area contributed by atoms with Crippen LogP contribution in [0.15, 0.2) is 18.2 Å². The highest BCUT2D eigenvalue weighted by atomic mass is 35.5. The van der Waals surface area contributed by atoms with Crippen LogP contribution in [0.1, 0.15) is 5.56 Å². The summed E-state index contributed by atoms with van der Waals surface area (Å²) in [5, 5.41) is 7.68. The summed E-state index contributed by atoms with van der Waals surface area (Å²) in [6, 6.07) is 5.10. The fourth-order valence-corrected chi connectivity index (χ4v) is 1.18. The number of benzene rings is 1. The number of para-hydroxylation sites is 1. The van der Waals surface area contributed by atoms with Gasteiger partial charge in [-0.1, -0.05) is 17.7 Å². The topological polar surface area (TPSA) is 59.1 Å². The average Bonchev–Trinajstić information content (AvgIpc) is 2.03. The molecule has 3 N–H and O–H groups in total. The fraction of sp³-hybridized carbons (Fsp3) is 0.125. The fourth-order valence-electron chi connectivity index (χ4n) is 0.928. The second kappa shape index (κ2) is 3.45. The Labute approximate surface area is 75.6 Å². The number of methoxy groups -OCH3 is 1. The lowest BCUT2D eigenvalue weighted by molar-refractivity contribution is 0.414. The zero-order chi connectivity index (χ0) is 9.14. The quantitative estimate of drug-likeness (QED) is 0.542. The van der Waals surface area contributed by atoms with Crippen molar-refractivity contribution in [3.05, 3.63) is 28.8 Å². The minimum atomic E-state index is -0.0469. The van der Waals surface area contributed by atoms with Crippen molar-refractivity contribution < 1.29 is 4.74 Å². The van der Waals surface area contributed by atoms with Gasteiger partial charge in [-0.2, -0.15) is 0 Å². The third-order valence-electron chi connectivity index (χ3n) is 1.46. The van der Waals surface area contributed by atoms with E-state index in [2.05, 4.69) is 0 Å². The number of hydrogen-bond donors (Lipinski definition) is 2. The number of hydrogen-bond acceptors (Lipinski definition) is 2. The highest BCUT2D eigenvalue weighted by Gasteiger charge is 2.08. The minimum Gasteiger partial charge on any atom is -0.494 e. The summed E-state index contributed by atoms with van der Waals surface area (Å²) in [5.41, 5.74) is 5.82. The van der Waals surface area contributed by atoms with Crippen molar-refractivity contribution >= 4 is 17.4 Å². The first-order valence-corrected chi connectivity index (χ1v) is 3.71. The molecule has 0 fully saturated rings. The molecule has 0 aliphatic carbocycles. The van der Waals surface area contributed by atoms with Crippen LogP contribution in [0.5, 0.6) is 5.75 Å². The first kappa shape index (κ1) is 8.87. The molecule has 0 unspecified atom stereocenters. The molecular formula is C8H9ClN2O. The van der Waals surface area contributed by atoms with Crippen molar-refractivity contribution in [3.63, 3.8) is 0 Å². The van der Waals surface area contributed by atoms with Crippen LogP contribution in [0, 0.1) is 5.41 Å². The van der Waals surface area contributed by atoms with E-state index in [-0.39, 0.29) is 5.84 Å². The smallest absolute Gasteiger partial charge is 0.148 e. The Kier molecular flexibility index (Phi) is 2.55. The van der Waals surface area contributed by atoms with Gasteiger partial charge >= 0.3 is 0 Å². The lowest BCUT2D eigenvalue weighted by atomic mass is 10.2. The zero-order valence-corrected chi connectivity index (χ0v) is 7.35. The first-order valence-electron chi connectivity index (χ1n) is 3.33. The summed E-state index contributed by atoms with van der Waals surface area (Å²) in [7, 11) is 1.49. The molecule has 0 saturated heterocycles. The summed E-state index contributed by atoms with van der Waals surface area (Å²) in [5.74, 6) is 0.404. The van der Waals surface area contributed by atoms with E-state index in [9.17, 15) is 0 Å². The van der Waals surface area contributed by atoms with Gasteiger partial charge in [0.15, 0.2) is 0 Å². The molecule has 1 aromatic carbocycles. The maximum absolute atomic E-state index is 7.22. The zero-order valence-electron chi connectivity index (χ0n) is 6.60. The van der Waals surface area contributed by atoms with Crippen LogP contribution in [0.25, 0.3) is 0 Å². The number of rotatable bonds is 2. The maximum Gasteiger partial charge on any atom is 0.148 e. The van der Waals surface area contributed by atoms with Gasteiger partial charge < -0.3 is 10.5 Å². The predicted octanol–water partition coefficient (Wildman–Crippen LogP) is 1.63. The van der Waals surface area contributed by atoms with Crippen LogP contribution >= 0.6 is 11.6 Å². The number of nitrogens with one attached hydrogen (secondary N) is 1. The van der Waals surface area contributed by atoms with Crippen LogP contribution in [0.3, 0.4) is 0 Å². The Hall–Kier alpha value is -1.22. The second-order valence-corrected chi connectivity index (χ2v) is 2.64. The lowest BCUT2D eigenvalue weighted by Crippen LogP contribution is -2.12. The largest absolute Gasteiger partial charge is 0.494 e. The monoisotopic (exact) mass is 184 g/mol. The van der Waals surface area contributed by atoms with Crippen LogP contribution in [-0.4, -0.2) is 12.9 Å². The molecule has 0 radical (unpaired) electrons. The molecule has 4 heteroatoms. The minimum absolute atomic E-state index is 0.0469. The van der Waals surface area contributed by atoms with Gasteiger partial charge in [0.1, 0.15) is 11.6 Å². The van der Waals surface area contributed by atoms with E-state index in [0.29, 0.717) is 16.3 Å². The molecule has 1 rings (SSSR count). The molecule has 12 heavy (non-hydrogen) atoms. The molecule has 0 heterocycles. The average molecular weight is 185 g/mol. The van der Waals surface area contributed by atoms with Gasteiger partial charge in [-0.15, -0.1) is 0 Å². The van der Waals surface area contributed by atoms with E-state index in [1.807, 2.05) is 0 Å². The van der Waals surface area contributed by atoms with E-state index in [4.69, 9.17) is 27.5 Å². The SMILES string of the molecule is COc1c(Cl)cccc1C(=N)N. The molecule has 1 aromatic rings. The van der Waals surface area contributed by atoms with E-state index in [0.717, 1.165) is 0 Å². The number of halogens is 1. The predicted molar refractivity (Wildman–Crippen MR) is 49.0 cm³/mol. The molecule has 0 bridgehead atoms. The van der Waals surface area contributed by atoms with Crippen molar-refractivity contribution in [1.82, 2.24) is 0 Å². The molecule has 0 spiro atoms. The van der Waals surface area contributed by atoms with Crippen molar-refractivity contribution in [2.75, 3.05) is 7.11 Å². The standard InChI is InChI=1S/C8H9ClN2O/c1-12-7-5(8(10)11)3-2-4-6(7)9/h2-4H,1H3,(H3,10,11). The van der Waals surface area contributed by atoms with E-state index < -0.39 is 0 Å². The van der Waals surface area contributed by atoms with Crippen molar-refractivity contribution in [2.45, 2.75) is 0 Å². The molecule has 0 amide bonds. The summed E-state index contributed by atoms with van der Waals surface area (Å²) in [6.07, 6.45) is 0. The normalized spacial score (nSPS) is 9.50. The molecule has 0 aromatic heterocycles. The molecule has 0 aliphatic rings. The van der Waals surface area contributed by atoms with E-state index in [1.165, 1.54) is 7.11 Å². The summed E-state index contributed by atoms with van der Waals surface area (Å²) >= 11 is 5.80. The number of ether oxygens (including phenoxy) is 1. The number of amidine groups is 1. The van der Waals surface area contributed by atoms with Crippen LogP contribution < -0.4 is 10.5 Å². The van der Waals surface area contributed by atoms with Gasteiger partial charge in [0.25, 0.3) is 0 Å². The summed E-state index contributed by atoms with van der Waals surface area (Å²) in [4.78, 5) is 0. The van der Waals surface area contributed by atoms with Gasteiger partial charge in [0.05, 0.1) is 17.7 Å². The van der Waals surface area contributed by atoms with Gasteiger partial charge in [0, 0.05) is 0 Å². The first-order chi connectivity index (χ1) is 5.66. The van der Waals surface area contributed by atoms with Crippen molar-refractivity contribution in [1.29, 1.82) is 5.41 Å². The molecule has 64 valence electrons. The Balaban J connectivity index is 3.27. The Morgan fingerprint density at radius 3 is 2.67 bits per heavy atom. The Bertz CT molecular complexity index is 312. The number of nitrogen functional groups attached to an aromatic ring is 1. The molecule has 3 nitrogen and oxygen atoms in total. The highest BCUT2D eigenvalue weighted by molar-refractivity contribution is 6.32. The molecule has 0 atom stereocenters. The Morgan fingerprint density at radius 1 is 1.58 bits per heavy atom. The molecule has 0 aliphatic heterocycles. The maximum atomic E-state index is 7.22. The summed E-state index contributed by atoms with van der Waals surface area (Å²) < 4.78 is 4.98. The van der Waals surface area contributed by atoms with Crippen molar-refractivity contribution in [2.24, 2.45) is 5.73 Å². The van der Waals surface area contributed by atoms with E-state index >= 15 is 0 Å². The summed E-state index contributed by atoms with van der Waals surface area (Å²) in [6.45, 7) is 0.